The molecule has 1 saturated heterocycles. The van der Waals surface area contributed by atoms with Crippen LogP contribution in [0.1, 0.15) is 0 Å². The van der Waals surface area contributed by atoms with Gasteiger partial charge in [0.15, 0.2) is 0 Å². The number of aromatic nitrogens is 1. The van der Waals surface area contributed by atoms with Crippen molar-refractivity contribution < 1.29 is 27.9 Å². The fourth-order valence-corrected chi connectivity index (χ4v) is 2.95. The number of urea groups is 1. The molecule has 1 aliphatic rings. The number of nitrogens with zero attached hydrogens (tertiary/aromatic N) is 2. The SMILES string of the molecule is O=C(O)[C@@H]1CN(C(=O)Nc2cccc3cccnc23)C[C@H]1C(F)(F)F. The van der Waals surface area contributed by atoms with Crippen molar-refractivity contribution in [3.8, 4) is 0 Å². The van der Waals surface area contributed by atoms with Gasteiger partial charge in [0, 0.05) is 24.7 Å². The van der Waals surface area contributed by atoms with E-state index in [0.29, 0.717) is 11.2 Å². The maximum absolute atomic E-state index is 13.0. The number of hydrogen-bond acceptors (Lipinski definition) is 3. The van der Waals surface area contributed by atoms with Gasteiger partial charge in [0.1, 0.15) is 0 Å². The van der Waals surface area contributed by atoms with Gasteiger partial charge in [-0.15, -0.1) is 0 Å². The predicted molar refractivity (Wildman–Crippen MR) is 83.0 cm³/mol. The molecule has 2 N–H and O–H groups in total. The highest BCUT2D eigenvalue weighted by molar-refractivity contribution is 5.99. The Kier molecular flexibility index (Phi) is 4.23. The topological polar surface area (TPSA) is 82.5 Å². The van der Waals surface area contributed by atoms with E-state index in [1.807, 2.05) is 0 Å². The quantitative estimate of drug-likeness (QED) is 0.870. The van der Waals surface area contributed by atoms with Gasteiger partial charge in [0.25, 0.3) is 0 Å². The number of nitrogens with one attached hydrogen (secondary N) is 1. The fraction of sp³-hybridized carbons (Fsp3) is 0.312. The highest BCUT2D eigenvalue weighted by Gasteiger charge is 2.53. The molecule has 0 bridgehead atoms. The van der Waals surface area contributed by atoms with Gasteiger partial charge in [-0.1, -0.05) is 18.2 Å². The maximum Gasteiger partial charge on any atom is 0.394 e. The first-order valence-corrected chi connectivity index (χ1v) is 7.46. The monoisotopic (exact) mass is 353 g/mol. The number of carboxylic acid groups (broad SMARTS) is 1. The second kappa shape index (κ2) is 6.23. The Balaban J connectivity index is 1.81. The zero-order chi connectivity index (χ0) is 18.2. The molecule has 25 heavy (non-hydrogen) atoms. The van der Waals surface area contributed by atoms with Gasteiger partial charge in [-0.3, -0.25) is 9.78 Å². The molecule has 0 unspecified atom stereocenters. The molecule has 0 radical (unpaired) electrons. The van der Waals surface area contributed by atoms with Gasteiger partial charge in [0.05, 0.1) is 23.0 Å². The summed E-state index contributed by atoms with van der Waals surface area (Å²) in [6.45, 7) is -1.19. The number of likely N-dealkylation sites (tertiary alicyclic amines) is 1. The highest BCUT2D eigenvalue weighted by Crippen LogP contribution is 2.38. The lowest BCUT2D eigenvalue weighted by atomic mass is 9.96. The van der Waals surface area contributed by atoms with E-state index in [1.165, 1.54) is 6.20 Å². The number of para-hydroxylation sites is 1. The summed E-state index contributed by atoms with van der Waals surface area (Å²) < 4.78 is 39.0. The van der Waals surface area contributed by atoms with Crippen LogP contribution in [0.5, 0.6) is 0 Å². The standard InChI is InChI=1S/C16H14F3N3O3/c17-16(18,19)11-8-22(7-10(11)14(23)24)15(25)21-12-5-1-3-9-4-2-6-20-13(9)12/h1-6,10-11H,7-8H2,(H,21,25)(H,23,24)/t10-,11-/m1/s1. The van der Waals surface area contributed by atoms with Crippen molar-refractivity contribution >= 4 is 28.6 Å². The maximum atomic E-state index is 13.0. The smallest absolute Gasteiger partial charge is 0.394 e. The van der Waals surface area contributed by atoms with E-state index in [0.717, 1.165) is 10.3 Å². The van der Waals surface area contributed by atoms with E-state index < -0.39 is 43.1 Å². The van der Waals surface area contributed by atoms with Crippen molar-refractivity contribution in [3.63, 3.8) is 0 Å². The highest BCUT2D eigenvalue weighted by atomic mass is 19.4. The lowest BCUT2D eigenvalue weighted by molar-refractivity contribution is -0.187. The molecule has 2 aromatic rings. The molecule has 9 heteroatoms. The number of anilines is 1. The number of carboxylic acids is 1. The summed E-state index contributed by atoms with van der Waals surface area (Å²) in [5, 5.41) is 12.3. The van der Waals surface area contributed by atoms with Crippen molar-refractivity contribution in [1.82, 2.24) is 9.88 Å². The van der Waals surface area contributed by atoms with Crippen LogP contribution in [-0.2, 0) is 4.79 Å². The van der Waals surface area contributed by atoms with Gasteiger partial charge in [-0.05, 0) is 12.1 Å². The number of benzene rings is 1. The molecule has 1 aromatic heterocycles. The van der Waals surface area contributed by atoms with E-state index in [4.69, 9.17) is 5.11 Å². The number of carbonyl (C=O) groups excluding carboxylic acids is 1. The first-order chi connectivity index (χ1) is 11.8. The molecule has 2 atom stereocenters. The third-order valence-electron chi connectivity index (χ3n) is 4.22. The summed E-state index contributed by atoms with van der Waals surface area (Å²) in [7, 11) is 0. The molecular weight excluding hydrogens is 339 g/mol. The van der Waals surface area contributed by atoms with Crippen LogP contribution in [0.15, 0.2) is 36.5 Å². The van der Waals surface area contributed by atoms with Crippen molar-refractivity contribution in [2.45, 2.75) is 6.18 Å². The first-order valence-electron chi connectivity index (χ1n) is 7.46. The second-order valence-corrected chi connectivity index (χ2v) is 5.81. The Bertz CT molecular complexity index is 820. The summed E-state index contributed by atoms with van der Waals surface area (Å²) in [6.07, 6.45) is -3.15. The first kappa shape index (κ1) is 17.0. The second-order valence-electron chi connectivity index (χ2n) is 5.81. The summed E-state index contributed by atoms with van der Waals surface area (Å²) in [6, 6.07) is 7.78. The molecule has 1 fully saturated rings. The summed E-state index contributed by atoms with van der Waals surface area (Å²) in [4.78, 5) is 28.4. The Hall–Kier alpha value is -2.84. The number of pyridine rings is 1. The minimum Gasteiger partial charge on any atom is -0.481 e. The van der Waals surface area contributed by atoms with Crippen molar-refractivity contribution in [3.05, 3.63) is 36.5 Å². The number of fused-ring (bicyclic) bond motifs is 1. The lowest BCUT2D eigenvalue weighted by Crippen LogP contribution is -2.35. The Morgan fingerprint density at radius 1 is 1.20 bits per heavy atom. The van der Waals surface area contributed by atoms with Gasteiger partial charge in [0.2, 0.25) is 0 Å². The zero-order valence-electron chi connectivity index (χ0n) is 12.8. The fourth-order valence-electron chi connectivity index (χ4n) is 2.95. The van der Waals surface area contributed by atoms with E-state index in [9.17, 15) is 22.8 Å². The largest absolute Gasteiger partial charge is 0.481 e. The minimum absolute atomic E-state index is 0.352. The molecule has 0 saturated carbocycles. The predicted octanol–water partition coefficient (Wildman–Crippen LogP) is 2.96. The number of hydrogen-bond donors (Lipinski definition) is 2. The van der Waals surface area contributed by atoms with Gasteiger partial charge >= 0.3 is 18.2 Å². The number of amides is 2. The van der Waals surface area contributed by atoms with Gasteiger partial charge < -0.3 is 15.3 Å². The molecule has 0 aliphatic carbocycles. The van der Waals surface area contributed by atoms with Crippen LogP contribution >= 0.6 is 0 Å². The average molecular weight is 353 g/mol. The number of alkyl halides is 3. The molecular formula is C16H14F3N3O3. The van der Waals surface area contributed by atoms with Crippen molar-refractivity contribution in [2.24, 2.45) is 11.8 Å². The summed E-state index contributed by atoms with van der Waals surface area (Å²) >= 11 is 0. The normalized spacial score (nSPS) is 20.7. The Labute approximate surface area is 140 Å². The van der Waals surface area contributed by atoms with Crippen LogP contribution in [-0.4, -0.2) is 46.3 Å². The summed E-state index contributed by atoms with van der Waals surface area (Å²) in [5.74, 6) is -5.32. The number of halogens is 3. The van der Waals surface area contributed by atoms with Crippen LogP contribution in [0.4, 0.5) is 23.7 Å². The molecule has 1 aliphatic heterocycles. The zero-order valence-corrected chi connectivity index (χ0v) is 12.8. The molecule has 3 rings (SSSR count). The molecule has 132 valence electrons. The minimum atomic E-state index is -4.68. The van der Waals surface area contributed by atoms with Gasteiger partial charge in [-0.25, -0.2) is 4.79 Å². The van der Waals surface area contributed by atoms with Crippen LogP contribution in [0, 0.1) is 11.8 Å². The Morgan fingerprint density at radius 2 is 1.92 bits per heavy atom. The molecule has 2 amide bonds. The van der Waals surface area contributed by atoms with E-state index >= 15 is 0 Å². The lowest BCUT2D eigenvalue weighted by Gasteiger charge is -2.19. The third kappa shape index (κ3) is 3.35. The number of aliphatic carboxylic acids is 1. The van der Waals surface area contributed by atoms with Crippen LogP contribution < -0.4 is 5.32 Å². The van der Waals surface area contributed by atoms with Gasteiger partial charge in [-0.2, -0.15) is 13.2 Å². The molecule has 1 aromatic carbocycles. The van der Waals surface area contributed by atoms with E-state index in [-0.39, 0.29) is 0 Å². The number of carbonyl (C=O) groups is 2. The number of rotatable bonds is 2. The van der Waals surface area contributed by atoms with Crippen molar-refractivity contribution in [2.75, 3.05) is 18.4 Å². The van der Waals surface area contributed by atoms with Crippen LogP contribution in [0.25, 0.3) is 10.9 Å². The third-order valence-corrected chi connectivity index (χ3v) is 4.22. The van der Waals surface area contributed by atoms with E-state index in [2.05, 4.69) is 10.3 Å². The molecule has 0 spiro atoms. The molecule has 2 heterocycles. The summed E-state index contributed by atoms with van der Waals surface area (Å²) in [5.41, 5.74) is 0.852. The van der Waals surface area contributed by atoms with Crippen molar-refractivity contribution in [1.29, 1.82) is 0 Å². The van der Waals surface area contributed by atoms with Crippen LogP contribution in [0.3, 0.4) is 0 Å². The average Bonchev–Trinajstić information content (AvgIpc) is 3.01. The van der Waals surface area contributed by atoms with Crippen LogP contribution in [0.2, 0.25) is 0 Å². The van der Waals surface area contributed by atoms with E-state index in [1.54, 1.807) is 30.3 Å². The molecule has 6 nitrogen and oxygen atoms in total. The Morgan fingerprint density at radius 3 is 2.56 bits per heavy atom.